The number of amides is 1. The number of aryl methyl sites for hydroxylation is 1. The number of carbonyl (C=O) groups is 1. The van der Waals surface area contributed by atoms with E-state index < -0.39 is 15.1 Å². The van der Waals surface area contributed by atoms with Gasteiger partial charge in [-0.3, -0.25) is 4.79 Å². The topological polar surface area (TPSA) is 102 Å². The molecule has 1 amide bonds. The highest BCUT2D eigenvalue weighted by atomic mass is 32.2. The van der Waals surface area contributed by atoms with Gasteiger partial charge in [0.15, 0.2) is 15.7 Å². The van der Waals surface area contributed by atoms with Gasteiger partial charge in [-0.05, 0) is 23.6 Å². The molecule has 3 aromatic rings. The molecule has 1 atom stereocenters. The van der Waals surface area contributed by atoms with E-state index in [9.17, 15) is 13.2 Å². The molecule has 0 bridgehead atoms. The largest absolute Gasteiger partial charge is 0.354 e. The van der Waals surface area contributed by atoms with E-state index in [1.165, 1.54) is 11.3 Å². The number of rotatable bonds is 7. The lowest BCUT2D eigenvalue weighted by molar-refractivity contribution is -0.120. The molecule has 1 N–H and O–H groups in total. The first-order valence-corrected chi connectivity index (χ1v) is 10.3. The first-order valence-electron chi connectivity index (χ1n) is 7.85. The molecule has 0 aliphatic carbocycles. The maximum Gasteiger partial charge on any atom is 0.227 e. The number of hydrogen-bond acceptors (Lipinski definition) is 7. The van der Waals surface area contributed by atoms with Crippen molar-refractivity contribution in [1.29, 1.82) is 0 Å². The Morgan fingerprint density at radius 3 is 2.62 bits per heavy atom. The summed E-state index contributed by atoms with van der Waals surface area (Å²) < 4.78 is 30.9. The smallest absolute Gasteiger partial charge is 0.227 e. The maximum absolute atomic E-state index is 13.0. The fraction of sp³-hybridized carbons (Fsp3) is 0.235. The summed E-state index contributed by atoms with van der Waals surface area (Å²) in [6.45, 7) is 1.60. The molecule has 7 nitrogen and oxygen atoms in total. The van der Waals surface area contributed by atoms with Crippen LogP contribution in [0.3, 0.4) is 0 Å². The average Bonchev–Trinajstić information content (AvgIpc) is 3.28. The molecule has 0 aliphatic rings. The van der Waals surface area contributed by atoms with Gasteiger partial charge in [-0.15, -0.1) is 11.3 Å². The summed E-state index contributed by atoms with van der Waals surface area (Å²) in [5.41, 5.74) is 0. The molecule has 2 aromatic heterocycles. The van der Waals surface area contributed by atoms with Crippen LogP contribution in [0.4, 0.5) is 0 Å². The van der Waals surface area contributed by atoms with Gasteiger partial charge in [0.05, 0.1) is 11.3 Å². The van der Waals surface area contributed by atoms with E-state index >= 15 is 0 Å². The minimum absolute atomic E-state index is 0.0343. The molecule has 1 aromatic carbocycles. The van der Waals surface area contributed by atoms with E-state index in [-0.39, 0.29) is 29.6 Å². The van der Waals surface area contributed by atoms with Crippen LogP contribution in [-0.4, -0.2) is 31.0 Å². The van der Waals surface area contributed by atoms with Gasteiger partial charge >= 0.3 is 0 Å². The molecule has 0 saturated carbocycles. The van der Waals surface area contributed by atoms with Crippen molar-refractivity contribution >= 4 is 27.1 Å². The monoisotopic (exact) mass is 391 g/mol. The van der Waals surface area contributed by atoms with E-state index in [4.69, 9.17) is 4.52 Å². The summed E-state index contributed by atoms with van der Waals surface area (Å²) in [5.74, 6) is 0.269. The van der Waals surface area contributed by atoms with Crippen molar-refractivity contribution in [2.24, 2.45) is 0 Å². The molecule has 1 unspecified atom stereocenters. The zero-order valence-electron chi connectivity index (χ0n) is 14.0. The summed E-state index contributed by atoms with van der Waals surface area (Å²) in [7, 11) is -3.64. The van der Waals surface area contributed by atoms with Crippen LogP contribution < -0.4 is 5.32 Å². The minimum atomic E-state index is -3.64. The predicted octanol–water partition coefficient (Wildman–Crippen LogP) is 2.31. The first kappa shape index (κ1) is 18.3. The van der Waals surface area contributed by atoms with Crippen LogP contribution in [0, 0.1) is 6.92 Å². The van der Waals surface area contributed by atoms with Crippen LogP contribution in [0.25, 0.3) is 0 Å². The molecular formula is C17H17N3O4S2. The van der Waals surface area contributed by atoms with Gasteiger partial charge in [-0.1, -0.05) is 29.4 Å². The average molecular weight is 391 g/mol. The maximum atomic E-state index is 13.0. The van der Waals surface area contributed by atoms with Crippen molar-refractivity contribution < 1.29 is 17.7 Å². The quantitative estimate of drug-likeness (QED) is 0.663. The predicted molar refractivity (Wildman–Crippen MR) is 96.4 cm³/mol. The van der Waals surface area contributed by atoms with Gasteiger partial charge in [0.2, 0.25) is 11.8 Å². The molecule has 0 spiro atoms. The highest BCUT2D eigenvalue weighted by molar-refractivity contribution is 7.91. The van der Waals surface area contributed by atoms with Gasteiger partial charge in [0, 0.05) is 18.3 Å². The SMILES string of the molecule is Cc1nc(CC(=O)NCC(c2cccs2)S(=O)(=O)c2ccccc2)no1. The Kier molecular flexibility index (Phi) is 5.48. The van der Waals surface area contributed by atoms with E-state index in [1.54, 1.807) is 49.4 Å². The Hall–Kier alpha value is -2.52. The second-order valence-corrected chi connectivity index (χ2v) is 8.68. The number of carbonyl (C=O) groups excluding carboxylic acids is 1. The molecule has 2 heterocycles. The van der Waals surface area contributed by atoms with Crippen LogP contribution in [-0.2, 0) is 21.1 Å². The Morgan fingerprint density at radius 2 is 2.00 bits per heavy atom. The number of sulfone groups is 1. The van der Waals surface area contributed by atoms with Gasteiger partial charge in [0.25, 0.3) is 0 Å². The molecule has 3 rings (SSSR count). The van der Waals surface area contributed by atoms with Crippen molar-refractivity contribution in [3.05, 3.63) is 64.4 Å². The number of nitrogens with one attached hydrogen (secondary N) is 1. The molecule has 0 saturated heterocycles. The molecule has 9 heteroatoms. The Morgan fingerprint density at radius 1 is 1.23 bits per heavy atom. The lowest BCUT2D eigenvalue weighted by Crippen LogP contribution is -2.32. The number of nitrogens with zero attached hydrogens (tertiary/aromatic N) is 2. The van der Waals surface area contributed by atoms with Gasteiger partial charge in [0.1, 0.15) is 5.25 Å². The fourth-order valence-electron chi connectivity index (χ4n) is 2.44. The molecule has 0 radical (unpaired) electrons. The summed E-state index contributed by atoms with van der Waals surface area (Å²) in [6, 6.07) is 11.8. The highest BCUT2D eigenvalue weighted by Crippen LogP contribution is 2.31. The number of hydrogen-bond donors (Lipinski definition) is 1. The molecule has 26 heavy (non-hydrogen) atoms. The van der Waals surface area contributed by atoms with Crippen LogP contribution in [0.15, 0.2) is 57.3 Å². The minimum Gasteiger partial charge on any atom is -0.354 e. The van der Waals surface area contributed by atoms with E-state index in [0.29, 0.717) is 10.8 Å². The van der Waals surface area contributed by atoms with E-state index in [2.05, 4.69) is 15.5 Å². The lowest BCUT2D eigenvalue weighted by atomic mass is 10.3. The van der Waals surface area contributed by atoms with Crippen molar-refractivity contribution in [3.8, 4) is 0 Å². The summed E-state index contributed by atoms with van der Waals surface area (Å²) in [4.78, 5) is 17.0. The number of benzene rings is 1. The van der Waals surface area contributed by atoms with Crippen LogP contribution in [0.5, 0.6) is 0 Å². The molecule has 0 fully saturated rings. The van der Waals surface area contributed by atoms with Gasteiger partial charge in [-0.2, -0.15) is 4.98 Å². The van der Waals surface area contributed by atoms with E-state index in [0.717, 1.165) is 0 Å². The third kappa shape index (κ3) is 4.17. The summed E-state index contributed by atoms with van der Waals surface area (Å²) in [6.07, 6.45) is -0.0696. The fourth-order valence-corrected chi connectivity index (χ4v) is 5.24. The van der Waals surface area contributed by atoms with E-state index in [1.807, 2.05) is 5.38 Å². The number of aromatic nitrogens is 2. The Balaban J connectivity index is 1.76. The zero-order valence-corrected chi connectivity index (χ0v) is 15.6. The third-order valence-corrected chi connectivity index (χ3v) is 6.91. The first-order chi connectivity index (χ1) is 12.5. The second kappa shape index (κ2) is 7.79. The van der Waals surface area contributed by atoms with Gasteiger partial charge < -0.3 is 9.84 Å². The third-order valence-electron chi connectivity index (χ3n) is 3.68. The molecular weight excluding hydrogens is 374 g/mol. The second-order valence-electron chi connectivity index (χ2n) is 5.57. The Labute approximate surface area is 155 Å². The van der Waals surface area contributed by atoms with Crippen LogP contribution in [0.1, 0.15) is 21.8 Å². The Bertz CT molecular complexity index is 967. The molecule has 0 aliphatic heterocycles. The standard InChI is InChI=1S/C17H17N3O4S2/c1-12-19-16(20-24-12)10-17(21)18-11-15(14-8-5-9-25-14)26(22,23)13-6-3-2-4-7-13/h2-9,15H,10-11H2,1H3,(H,18,21). The lowest BCUT2D eigenvalue weighted by Gasteiger charge is -2.17. The summed E-state index contributed by atoms with van der Waals surface area (Å²) in [5, 5.41) is 7.29. The highest BCUT2D eigenvalue weighted by Gasteiger charge is 2.30. The zero-order chi connectivity index (χ0) is 18.6. The summed E-state index contributed by atoms with van der Waals surface area (Å²) >= 11 is 1.34. The normalized spacial score (nSPS) is 12.7. The van der Waals surface area contributed by atoms with Crippen molar-refractivity contribution in [2.75, 3.05) is 6.54 Å². The number of thiophene rings is 1. The van der Waals surface area contributed by atoms with Crippen molar-refractivity contribution in [1.82, 2.24) is 15.5 Å². The molecule has 136 valence electrons. The van der Waals surface area contributed by atoms with Gasteiger partial charge in [-0.25, -0.2) is 8.42 Å². The van der Waals surface area contributed by atoms with Crippen molar-refractivity contribution in [2.45, 2.75) is 23.5 Å². The van der Waals surface area contributed by atoms with Crippen molar-refractivity contribution in [3.63, 3.8) is 0 Å². The van der Waals surface area contributed by atoms with Crippen LogP contribution >= 0.6 is 11.3 Å². The van der Waals surface area contributed by atoms with Crippen LogP contribution in [0.2, 0.25) is 0 Å².